The molecule has 3 nitrogen and oxygen atoms in total. The van der Waals surface area contributed by atoms with Gasteiger partial charge in [0.15, 0.2) is 5.75 Å². The van der Waals surface area contributed by atoms with Crippen molar-refractivity contribution in [1.29, 1.82) is 5.26 Å². The van der Waals surface area contributed by atoms with Crippen LogP contribution in [-0.4, -0.2) is 4.98 Å². The summed E-state index contributed by atoms with van der Waals surface area (Å²) in [5, 5.41) is 9.77. The number of ether oxygens (including phenoxy) is 1. The zero-order chi connectivity index (χ0) is 13.0. The van der Waals surface area contributed by atoms with Crippen molar-refractivity contribution in [3.63, 3.8) is 0 Å². The minimum Gasteiger partial charge on any atom is -0.486 e. The van der Waals surface area contributed by atoms with Gasteiger partial charge in [0, 0.05) is 11.8 Å². The first-order chi connectivity index (χ1) is 8.72. The van der Waals surface area contributed by atoms with Crippen molar-refractivity contribution in [3.05, 3.63) is 57.8 Å². The monoisotopic (exact) mass is 278 g/mol. The lowest BCUT2D eigenvalue weighted by molar-refractivity contribution is 0.306. The van der Waals surface area contributed by atoms with Crippen molar-refractivity contribution >= 4 is 23.2 Å². The molecule has 90 valence electrons. The van der Waals surface area contributed by atoms with Crippen LogP contribution in [0.5, 0.6) is 5.75 Å². The Morgan fingerprint density at radius 2 is 1.89 bits per heavy atom. The third kappa shape index (κ3) is 2.73. The Balaban J connectivity index is 2.20. The van der Waals surface area contributed by atoms with E-state index in [1.165, 1.54) is 0 Å². The summed E-state index contributed by atoms with van der Waals surface area (Å²) >= 11 is 12.0. The van der Waals surface area contributed by atoms with Gasteiger partial charge in [0.1, 0.15) is 18.4 Å². The molecule has 0 N–H and O–H groups in total. The van der Waals surface area contributed by atoms with E-state index in [9.17, 15) is 0 Å². The number of hydrogen-bond donors (Lipinski definition) is 0. The quantitative estimate of drug-likeness (QED) is 0.857. The van der Waals surface area contributed by atoms with E-state index < -0.39 is 0 Å². The average Bonchev–Trinajstić information content (AvgIpc) is 2.38. The summed E-state index contributed by atoms with van der Waals surface area (Å²) in [6, 6.07) is 10.6. The molecular weight excluding hydrogens is 271 g/mol. The van der Waals surface area contributed by atoms with Crippen molar-refractivity contribution in [2.75, 3.05) is 0 Å². The van der Waals surface area contributed by atoms with E-state index in [0.29, 0.717) is 27.1 Å². The second-order valence-corrected chi connectivity index (χ2v) is 4.28. The number of hydrogen-bond acceptors (Lipinski definition) is 3. The van der Waals surface area contributed by atoms with Crippen LogP contribution in [0.4, 0.5) is 0 Å². The Bertz CT molecular complexity index is 588. The number of benzene rings is 1. The number of nitrogens with zero attached hydrogens (tertiary/aromatic N) is 2. The summed E-state index contributed by atoms with van der Waals surface area (Å²) in [7, 11) is 0. The molecule has 0 fully saturated rings. The molecule has 0 aliphatic heterocycles. The van der Waals surface area contributed by atoms with Crippen LogP contribution in [0.2, 0.25) is 10.0 Å². The zero-order valence-electron chi connectivity index (χ0n) is 9.23. The Morgan fingerprint density at radius 1 is 1.17 bits per heavy atom. The van der Waals surface area contributed by atoms with Crippen LogP contribution in [0.3, 0.4) is 0 Å². The van der Waals surface area contributed by atoms with Gasteiger partial charge in [-0.25, -0.2) is 4.98 Å². The SMILES string of the molecule is N#Cc1ncccc1COc1c(Cl)cccc1Cl. The van der Waals surface area contributed by atoms with Crippen LogP contribution in [0.15, 0.2) is 36.5 Å². The molecule has 2 rings (SSSR count). The molecule has 5 heteroatoms. The molecule has 0 bridgehead atoms. The van der Waals surface area contributed by atoms with Crippen LogP contribution in [0, 0.1) is 11.3 Å². The Labute approximate surface area is 115 Å². The second kappa shape index (κ2) is 5.72. The lowest BCUT2D eigenvalue weighted by Gasteiger charge is -2.10. The summed E-state index contributed by atoms with van der Waals surface area (Å²) in [5.41, 5.74) is 1.02. The molecule has 1 aromatic carbocycles. The van der Waals surface area contributed by atoms with E-state index in [0.717, 1.165) is 0 Å². The highest BCUT2D eigenvalue weighted by molar-refractivity contribution is 6.37. The summed E-state index contributed by atoms with van der Waals surface area (Å²) in [4.78, 5) is 3.95. The number of nitriles is 1. The van der Waals surface area contributed by atoms with Crippen LogP contribution in [0.25, 0.3) is 0 Å². The first-order valence-corrected chi connectivity index (χ1v) is 5.89. The van der Waals surface area contributed by atoms with Crippen molar-refractivity contribution < 1.29 is 4.74 Å². The normalized spacial score (nSPS) is 9.83. The average molecular weight is 279 g/mol. The van der Waals surface area contributed by atoms with Crippen LogP contribution in [-0.2, 0) is 6.61 Å². The van der Waals surface area contributed by atoms with E-state index >= 15 is 0 Å². The topological polar surface area (TPSA) is 45.9 Å². The summed E-state index contributed by atoms with van der Waals surface area (Å²) in [6.07, 6.45) is 1.56. The summed E-state index contributed by atoms with van der Waals surface area (Å²) < 4.78 is 5.54. The zero-order valence-corrected chi connectivity index (χ0v) is 10.7. The van der Waals surface area contributed by atoms with Crippen LogP contribution < -0.4 is 4.74 Å². The number of halogens is 2. The van der Waals surface area contributed by atoms with Crippen molar-refractivity contribution in [2.24, 2.45) is 0 Å². The van der Waals surface area contributed by atoms with E-state index in [1.807, 2.05) is 6.07 Å². The predicted octanol–water partition coefficient (Wildman–Crippen LogP) is 3.84. The van der Waals surface area contributed by atoms with E-state index in [1.54, 1.807) is 36.5 Å². The highest BCUT2D eigenvalue weighted by Crippen LogP contribution is 2.32. The molecular formula is C13H8Cl2N2O. The highest BCUT2D eigenvalue weighted by atomic mass is 35.5. The smallest absolute Gasteiger partial charge is 0.156 e. The minimum absolute atomic E-state index is 0.195. The molecule has 0 saturated carbocycles. The molecule has 0 radical (unpaired) electrons. The van der Waals surface area contributed by atoms with Gasteiger partial charge in [-0.05, 0) is 18.2 Å². The third-order valence-corrected chi connectivity index (χ3v) is 2.88. The molecule has 0 unspecified atom stereocenters. The lowest BCUT2D eigenvalue weighted by Crippen LogP contribution is -2.00. The predicted molar refractivity (Wildman–Crippen MR) is 69.7 cm³/mol. The molecule has 0 aliphatic carbocycles. The first kappa shape index (κ1) is 12.7. The van der Waals surface area contributed by atoms with Gasteiger partial charge in [-0.15, -0.1) is 0 Å². The fourth-order valence-electron chi connectivity index (χ4n) is 1.43. The first-order valence-electron chi connectivity index (χ1n) is 5.13. The summed E-state index contributed by atoms with van der Waals surface area (Å²) in [6.45, 7) is 0.195. The minimum atomic E-state index is 0.195. The van der Waals surface area contributed by atoms with Gasteiger partial charge < -0.3 is 4.74 Å². The molecule has 0 atom stereocenters. The van der Waals surface area contributed by atoms with Gasteiger partial charge >= 0.3 is 0 Å². The van der Waals surface area contributed by atoms with Crippen molar-refractivity contribution in [2.45, 2.75) is 6.61 Å². The molecule has 0 amide bonds. The van der Waals surface area contributed by atoms with Crippen LogP contribution >= 0.6 is 23.2 Å². The maximum atomic E-state index is 8.90. The number of para-hydroxylation sites is 1. The maximum absolute atomic E-state index is 8.90. The molecule has 0 aliphatic rings. The van der Waals surface area contributed by atoms with Crippen LogP contribution in [0.1, 0.15) is 11.3 Å². The third-order valence-electron chi connectivity index (χ3n) is 2.29. The van der Waals surface area contributed by atoms with Gasteiger partial charge in [-0.3, -0.25) is 0 Å². The van der Waals surface area contributed by atoms with Crippen molar-refractivity contribution in [1.82, 2.24) is 4.98 Å². The standard InChI is InChI=1S/C13H8Cl2N2O/c14-10-4-1-5-11(15)13(10)18-8-9-3-2-6-17-12(9)7-16/h1-6H,8H2. The van der Waals surface area contributed by atoms with Gasteiger partial charge in [0.25, 0.3) is 0 Å². The molecule has 1 heterocycles. The molecule has 18 heavy (non-hydrogen) atoms. The summed E-state index contributed by atoms with van der Waals surface area (Å²) in [5.74, 6) is 0.411. The van der Waals surface area contributed by atoms with E-state index in [-0.39, 0.29) is 6.61 Å². The Morgan fingerprint density at radius 3 is 2.56 bits per heavy atom. The van der Waals surface area contributed by atoms with Crippen molar-refractivity contribution in [3.8, 4) is 11.8 Å². The molecule has 2 aromatic rings. The number of pyridine rings is 1. The maximum Gasteiger partial charge on any atom is 0.156 e. The fraction of sp³-hybridized carbons (Fsp3) is 0.0769. The number of rotatable bonds is 3. The van der Waals surface area contributed by atoms with Gasteiger partial charge in [-0.2, -0.15) is 5.26 Å². The Kier molecular flexibility index (Phi) is 4.03. The molecule has 0 spiro atoms. The second-order valence-electron chi connectivity index (χ2n) is 3.46. The number of aromatic nitrogens is 1. The van der Waals surface area contributed by atoms with Gasteiger partial charge in [0.05, 0.1) is 10.0 Å². The molecule has 1 aromatic heterocycles. The Hall–Kier alpha value is -1.76. The highest BCUT2D eigenvalue weighted by Gasteiger charge is 2.08. The fourth-order valence-corrected chi connectivity index (χ4v) is 1.93. The lowest BCUT2D eigenvalue weighted by atomic mass is 10.2. The largest absolute Gasteiger partial charge is 0.486 e. The molecule has 0 saturated heterocycles. The van der Waals surface area contributed by atoms with E-state index in [4.69, 9.17) is 33.2 Å². The van der Waals surface area contributed by atoms with E-state index in [2.05, 4.69) is 4.98 Å². The van der Waals surface area contributed by atoms with Gasteiger partial charge in [-0.1, -0.05) is 35.3 Å². The van der Waals surface area contributed by atoms with Gasteiger partial charge in [0.2, 0.25) is 0 Å².